The van der Waals surface area contributed by atoms with E-state index in [1.807, 2.05) is 72.8 Å². The first-order valence-electron chi connectivity index (χ1n) is 15.2. The quantitative estimate of drug-likeness (QED) is 0.150. The summed E-state index contributed by atoms with van der Waals surface area (Å²) in [5.74, 6) is 1.56. The Balaban J connectivity index is 0. The van der Waals surface area contributed by atoms with E-state index in [0.29, 0.717) is 23.0 Å². The SMILES string of the molecule is CC(C)(C)c1ccccc1O.CC(C)(C)c1ccccc1O.CC(C)(C)c1ccccc1O.CC(C)(C)c1ccccc1O.S.S. The third kappa shape index (κ3) is 15.4. The van der Waals surface area contributed by atoms with E-state index in [1.54, 1.807) is 24.3 Å². The minimum absolute atomic E-state index is 0. The zero-order chi connectivity index (χ0) is 33.9. The molecule has 0 heterocycles. The average molecular weight is 669 g/mol. The lowest BCUT2D eigenvalue weighted by atomic mass is 9.86. The summed E-state index contributed by atoms with van der Waals surface area (Å²) in [4.78, 5) is 0. The van der Waals surface area contributed by atoms with Crippen molar-refractivity contribution in [2.75, 3.05) is 0 Å². The van der Waals surface area contributed by atoms with Gasteiger partial charge in [0.25, 0.3) is 0 Å². The van der Waals surface area contributed by atoms with Gasteiger partial charge in [-0.25, -0.2) is 0 Å². The minimum atomic E-state index is 0. The van der Waals surface area contributed by atoms with Gasteiger partial charge in [-0.15, -0.1) is 0 Å². The molecule has 0 saturated carbocycles. The molecule has 0 spiro atoms. The molecule has 0 atom stereocenters. The molecule has 0 fully saturated rings. The molecule has 0 aliphatic heterocycles. The summed E-state index contributed by atoms with van der Waals surface area (Å²) >= 11 is 0. The molecule has 0 aliphatic rings. The van der Waals surface area contributed by atoms with Crippen LogP contribution in [0.2, 0.25) is 0 Å². The van der Waals surface area contributed by atoms with Gasteiger partial charge in [-0.3, -0.25) is 0 Å². The van der Waals surface area contributed by atoms with Crippen molar-refractivity contribution in [3.8, 4) is 23.0 Å². The van der Waals surface area contributed by atoms with Crippen LogP contribution in [0.1, 0.15) is 105 Å². The number of phenols is 4. The summed E-state index contributed by atoms with van der Waals surface area (Å²) in [6.07, 6.45) is 0. The first kappa shape index (κ1) is 44.9. The van der Waals surface area contributed by atoms with Crippen molar-refractivity contribution < 1.29 is 20.4 Å². The molecular weight excluding hydrogens is 609 g/mol. The molecular formula is C40H60O4S2. The fraction of sp³-hybridized carbons (Fsp3) is 0.400. The lowest BCUT2D eigenvalue weighted by Crippen LogP contribution is -2.10. The van der Waals surface area contributed by atoms with E-state index in [1.165, 1.54) is 0 Å². The predicted molar refractivity (Wildman–Crippen MR) is 208 cm³/mol. The predicted octanol–water partition coefficient (Wildman–Crippen LogP) is 11.0. The van der Waals surface area contributed by atoms with Gasteiger partial charge in [0.05, 0.1) is 0 Å². The Morgan fingerprint density at radius 1 is 0.283 bits per heavy atom. The molecule has 4 aromatic rings. The van der Waals surface area contributed by atoms with Crippen LogP contribution in [-0.4, -0.2) is 20.4 Å². The van der Waals surface area contributed by atoms with Crippen molar-refractivity contribution in [2.45, 2.75) is 105 Å². The average Bonchev–Trinajstić information content (AvgIpc) is 2.88. The number of benzene rings is 4. The summed E-state index contributed by atoms with van der Waals surface area (Å²) in [7, 11) is 0. The van der Waals surface area contributed by atoms with Crippen LogP contribution >= 0.6 is 27.0 Å². The molecule has 0 unspecified atom stereocenters. The van der Waals surface area contributed by atoms with Gasteiger partial charge in [0.1, 0.15) is 23.0 Å². The zero-order valence-electron chi connectivity index (χ0n) is 30.0. The van der Waals surface area contributed by atoms with E-state index in [-0.39, 0.29) is 48.7 Å². The highest BCUT2D eigenvalue weighted by atomic mass is 32.1. The van der Waals surface area contributed by atoms with Crippen LogP contribution in [0.3, 0.4) is 0 Å². The molecule has 0 aliphatic carbocycles. The number of hydrogen-bond donors (Lipinski definition) is 4. The maximum absolute atomic E-state index is 9.45. The molecule has 0 saturated heterocycles. The Bertz CT molecular complexity index is 1220. The third-order valence-corrected chi connectivity index (χ3v) is 6.85. The first-order chi connectivity index (χ1) is 20.1. The van der Waals surface area contributed by atoms with Gasteiger partial charge >= 0.3 is 0 Å². The van der Waals surface area contributed by atoms with E-state index >= 15 is 0 Å². The normalized spacial score (nSPS) is 11.0. The molecule has 0 radical (unpaired) electrons. The summed E-state index contributed by atoms with van der Waals surface area (Å²) in [5.41, 5.74) is 4.13. The summed E-state index contributed by atoms with van der Waals surface area (Å²) < 4.78 is 0. The summed E-state index contributed by atoms with van der Waals surface area (Å²) in [6.45, 7) is 25.0. The Morgan fingerprint density at radius 2 is 0.413 bits per heavy atom. The maximum Gasteiger partial charge on any atom is 0.119 e. The summed E-state index contributed by atoms with van der Waals surface area (Å²) in [6, 6.07) is 29.8. The minimum Gasteiger partial charge on any atom is -0.508 e. The lowest BCUT2D eigenvalue weighted by molar-refractivity contribution is 0.446. The number of phenolic OH excluding ortho intramolecular Hbond substituents is 4. The van der Waals surface area contributed by atoms with E-state index in [9.17, 15) is 20.4 Å². The van der Waals surface area contributed by atoms with Crippen LogP contribution in [0.5, 0.6) is 23.0 Å². The second-order valence-corrected chi connectivity index (χ2v) is 15.1. The molecule has 6 heteroatoms. The molecule has 4 aromatic carbocycles. The van der Waals surface area contributed by atoms with E-state index < -0.39 is 0 Å². The van der Waals surface area contributed by atoms with Crippen molar-refractivity contribution in [1.82, 2.24) is 0 Å². The van der Waals surface area contributed by atoms with Gasteiger partial charge in [-0.2, -0.15) is 27.0 Å². The van der Waals surface area contributed by atoms with Crippen molar-refractivity contribution in [1.29, 1.82) is 0 Å². The number of aromatic hydroxyl groups is 4. The second-order valence-electron chi connectivity index (χ2n) is 15.1. The third-order valence-electron chi connectivity index (χ3n) is 6.85. The van der Waals surface area contributed by atoms with Gasteiger partial charge in [-0.1, -0.05) is 156 Å². The Hall–Kier alpha value is -3.22. The number of para-hydroxylation sites is 4. The smallest absolute Gasteiger partial charge is 0.119 e. The molecule has 0 bridgehead atoms. The van der Waals surface area contributed by atoms with Gasteiger partial charge in [0, 0.05) is 0 Å². The Morgan fingerprint density at radius 3 is 0.500 bits per heavy atom. The van der Waals surface area contributed by atoms with Gasteiger partial charge in [0.15, 0.2) is 0 Å². The fourth-order valence-electron chi connectivity index (χ4n) is 4.43. The van der Waals surface area contributed by atoms with Crippen LogP contribution in [0.15, 0.2) is 97.1 Å². The van der Waals surface area contributed by atoms with Gasteiger partial charge in [0.2, 0.25) is 0 Å². The largest absolute Gasteiger partial charge is 0.508 e. The summed E-state index contributed by atoms with van der Waals surface area (Å²) in [5, 5.41) is 37.8. The van der Waals surface area contributed by atoms with E-state index in [2.05, 4.69) is 83.1 Å². The molecule has 4 rings (SSSR count). The van der Waals surface area contributed by atoms with Crippen LogP contribution in [-0.2, 0) is 21.7 Å². The lowest BCUT2D eigenvalue weighted by Gasteiger charge is -2.19. The van der Waals surface area contributed by atoms with Crippen LogP contribution in [0.4, 0.5) is 0 Å². The van der Waals surface area contributed by atoms with Crippen LogP contribution < -0.4 is 0 Å². The van der Waals surface area contributed by atoms with Crippen LogP contribution in [0.25, 0.3) is 0 Å². The monoisotopic (exact) mass is 668 g/mol. The maximum atomic E-state index is 9.45. The molecule has 0 aromatic heterocycles. The van der Waals surface area contributed by atoms with Crippen molar-refractivity contribution >= 4 is 27.0 Å². The number of hydrogen-bond acceptors (Lipinski definition) is 4. The molecule has 0 amide bonds. The number of rotatable bonds is 0. The van der Waals surface area contributed by atoms with E-state index in [4.69, 9.17) is 0 Å². The Labute approximate surface area is 293 Å². The standard InChI is InChI=1S/4C10H14O.2H2S/c4*1-10(2,3)8-6-4-5-7-9(8)11;;/h4*4-7,11H,1-3H3;2*1H2. The topological polar surface area (TPSA) is 80.9 Å². The molecule has 4 N–H and O–H groups in total. The molecule has 256 valence electrons. The highest BCUT2D eigenvalue weighted by Crippen LogP contribution is 2.32. The van der Waals surface area contributed by atoms with Crippen molar-refractivity contribution in [3.63, 3.8) is 0 Å². The highest BCUT2D eigenvalue weighted by Gasteiger charge is 2.18. The van der Waals surface area contributed by atoms with Crippen LogP contribution in [0, 0.1) is 0 Å². The first-order valence-corrected chi connectivity index (χ1v) is 15.2. The molecule has 46 heavy (non-hydrogen) atoms. The highest BCUT2D eigenvalue weighted by molar-refractivity contribution is 7.59. The molecule has 4 nitrogen and oxygen atoms in total. The Kier molecular flexibility index (Phi) is 18.4. The van der Waals surface area contributed by atoms with Gasteiger partial charge < -0.3 is 20.4 Å². The van der Waals surface area contributed by atoms with E-state index in [0.717, 1.165) is 22.3 Å². The van der Waals surface area contributed by atoms with Crippen molar-refractivity contribution in [2.24, 2.45) is 0 Å². The zero-order valence-corrected chi connectivity index (χ0v) is 32.0. The second kappa shape index (κ2) is 18.8. The fourth-order valence-corrected chi connectivity index (χ4v) is 4.43. The van der Waals surface area contributed by atoms with Crippen molar-refractivity contribution in [3.05, 3.63) is 119 Å². The van der Waals surface area contributed by atoms with Gasteiger partial charge in [-0.05, 0) is 68.2 Å².